The van der Waals surface area contributed by atoms with E-state index in [4.69, 9.17) is 9.47 Å². The van der Waals surface area contributed by atoms with Crippen LogP contribution in [0.15, 0.2) is 11.6 Å². The Hall–Kier alpha value is -1.56. The van der Waals surface area contributed by atoms with Crippen molar-refractivity contribution in [3.05, 3.63) is 11.6 Å². The molecule has 46 heavy (non-hydrogen) atoms. The van der Waals surface area contributed by atoms with Gasteiger partial charge in [0.25, 0.3) is 0 Å². The molecule has 0 radical (unpaired) electrons. The van der Waals surface area contributed by atoms with Gasteiger partial charge in [-0.25, -0.2) is 0 Å². The van der Waals surface area contributed by atoms with Crippen molar-refractivity contribution in [2.75, 3.05) is 6.61 Å². The summed E-state index contributed by atoms with van der Waals surface area (Å²) in [5.41, 5.74) is -1.30. The zero-order valence-electron chi connectivity index (χ0n) is 28.4. The number of carboxylic acid groups (broad SMARTS) is 2. The predicted molar refractivity (Wildman–Crippen MR) is 167 cm³/mol. The maximum absolute atomic E-state index is 13.3. The average Bonchev–Trinajstić information content (AvgIpc) is 2.98. The molecular formula is C36H56O10. The van der Waals surface area contributed by atoms with Crippen LogP contribution < -0.4 is 0 Å². The average molecular weight is 649 g/mol. The Morgan fingerprint density at radius 3 is 2.15 bits per heavy atom. The highest BCUT2D eigenvalue weighted by molar-refractivity contribution is 5.77. The van der Waals surface area contributed by atoms with Gasteiger partial charge in [-0.2, -0.15) is 0 Å². The number of hydrogen-bond acceptors (Lipinski definition) is 8. The third-order valence-electron chi connectivity index (χ3n) is 15.3. The molecule has 6 N–H and O–H groups in total. The van der Waals surface area contributed by atoms with E-state index in [0.29, 0.717) is 32.1 Å². The lowest BCUT2D eigenvalue weighted by Crippen LogP contribution is -2.67. The second-order valence-corrected chi connectivity index (χ2v) is 17.6. The van der Waals surface area contributed by atoms with E-state index in [0.717, 1.165) is 32.1 Å². The minimum atomic E-state index is -1.61. The van der Waals surface area contributed by atoms with Crippen molar-refractivity contribution in [1.29, 1.82) is 0 Å². The molecule has 260 valence electrons. The van der Waals surface area contributed by atoms with Crippen molar-refractivity contribution in [3.63, 3.8) is 0 Å². The van der Waals surface area contributed by atoms with E-state index < -0.39 is 66.2 Å². The molecule has 1 aliphatic heterocycles. The lowest BCUT2D eigenvalue weighted by atomic mass is 9.33. The Labute approximate surface area is 272 Å². The van der Waals surface area contributed by atoms with Gasteiger partial charge in [0.15, 0.2) is 6.29 Å². The minimum Gasteiger partial charge on any atom is -0.481 e. The van der Waals surface area contributed by atoms with E-state index in [9.17, 15) is 40.2 Å². The largest absolute Gasteiger partial charge is 0.481 e. The number of aliphatic hydroxyl groups excluding tert-OH is 4. The summed E-state index contributed by atoms with van der Waals surface area (Å²) >= 11 is 0. The molecular weight excluding hydrogens is 592 g/mol. The molecule has 0 spiro atoms. The van der Waals surface area contributed by atoms with Crippen molar-refractivity contribution in [2.45, 2.75) is 143 Å². The summed E-state index contributed by atoms with van der Waals surface area (Å²) in [5.74, 6) is -1.69. The smallest absolute Gasteiger partial charge is 0.312 e. The second-order valence-electron chi connectivity index (χ2n) is 17.6. The molecule has 0 unspecified atom stereocenters. The van der Waals surface area contributed by atoms with Crippen molar-refractivity contribution >= 4 is 11.9 Å². The predicted octanol–water partition coefficient (Wildman–Crippen LogP) is 4.12. The highest BCUT2D eigenvalue weighted by Gasteiger charge is 2.71. The van der Waals surface area contributed by atoms with Gasteiger partial charge < -0.3 is 40.1 Å². The summed E-state index contributed by atoms with van der Waals surface area (Å²) in [4.78, 5) is 26.3. The van der Waals surface area contributed by atoms with Crippen LogP contribution >= 0.6 is 0 Å². The summed E-state index contributed by atoms with van der Waals surface area (Å²) in [6.07, 6.45) is 1.64. The van der Waals surface area contributed by atoms with E-state index in [-0.39, 0.29) is 39.4 Å². The normalized spacial score (nSPS) is 53.1. The fourth-order valence-corrected chi connectivity index (χ4v) is 12.1. The van der Waals surface area contributed by atoms with E-state index in [2.05, 4.69) is 40.7 Å². The summed E-state index contributed by atoms with van der Waals surface area (Å²) < 4.78 is 11.9. The van der Waals surface area contributed by atoms with E-state index in [1.165, 1.54) is 5.57 Å². The first kappa shape index (κ1) is 34.3. The number of ether oxygens (including phenoxy) is 2. The SMILES string of the molecule is CC1(C)CC[C@]2(C(=O)O)CC[C@]3(C)C(=CC[C@@H]4[C@@]5(C)CC[C@H](O[C@@H]6O[C@H](CO)[C@@H](O)[C@H](O)[C@H]6O)[C@](C)(C(=O)O)[C@@H]5CC[C@]43C)[C@H]2C1. The first-order chi connectivity index (χ1) is 21.3. The van der Waals surface area contributed by atoms with Crippen LogP contribution in [0.2, 0.25) is 0 Å². The number of carboxylic acids is 2. The zero-order chi connectivity index (χ0) is 33.8. The van der Waals surface area contributed by atoms with E-state index >= 15 is 0 Å². The summed E-state index contributed by atoms with van der Waals surface area (Å²) in [6, 6.07) is 0. The van der Waals surface area contributed by atoms with Gasteiger partial charge in [0.2, 0.25) is 0 Å². The number of fused-ring (bicyclic) bond motifs is 7. The molecule has 0 aromatic rings. The van der Waals surface area contributed by atoms with Crippen LogP contribution in [0.4, 0.5) is 0 Å². The van der Waals surface area contributed by atoms with Crippen LogP contribution in [-0.2, 0) is 19.1 Å². The van der Waals surface area contributed by atoms with Gasteiger partial charge in [-0.05, 0) is 111 Å². The van der Waals surface area contributed by atoms with Gasteiger partial charge >= 0.3 is 11.9 Å². The van der Waals surface area contributed by atoms with E-state index in [1.807, 2.05) is 0 Å². The van der Waals surface area contributed by atoms with Crippen LogP contribution in [-0.4, -0.2) is 86.0 Å². The minimum absolute atomic E-state index is 0.00256. The van der Waals surface area contributed by atoms with E-state index in [1.54, 1.807) is 6.92 Å². The van der Waals surface area contributed by atoms with Crippen molar-refractivity contribution in [2.24, 2.45) is 50.2 Å². The molecule has 0 aromatic heterocycles. The molecule has 0 amide bonds. The molecule has 5 aliphatic carbocycles. The molecule has 6 rings (SSSR count). The van der Waals surface area contributed by atoms with Crippen LogP contribution in [0, 0.1) is 50.2 Å². The first-order valence-electron chi connectivity index (χ1n) is 17.5. The topological polar surface area (TPSA) is 174 Å². The number of carbonyl (C=O) groups is 2. The zero-order valence-corrected chi connectivity index (χ0v) is 28.4. The number of rotatable bonds is 5. The lowest BCUT2D eigenvalue weighted by Gasteiger charge is -2.71. The van der Waals surface area contributed by atoms with Gasteiger partial charge in [0.1, 0.15) is 24.4 Å². The van der Waals surface area contributed by atoms with Crippen LogP contribution in [0.1, 0.15) is 106 Å². The highest BCUT2D eigenvalue weighted by Crippen LogP contribution is 2.76. The second kappa shape index (κ2) is 11.0. The maximum atomic E-state index is 13.3. The van der Waals surface area contributed by atoms with Gasteiger partial charge in [-0.1, -0.05) is 46.3 Å². The molecule has 0 bridgehead atoms. The number of aliphatic carboxylic acids is 2. The standard InChI is InChI=1S/C36H56O10/c1-31(2)13-15-36(30(43)44)16-14-33(4)19(20(36)17-31)7-8-22-32(3)11-10-24(35(6,29(41)42)23(32)9-12-34(22,33)5)46-28-27(40)26(39)25(38)21(18-37)45-28/h7,20-28,37-40H,8-18H2,1-6H3,(H,41,42)(H,43,44)/t20-,21-,22-,23-,24+,25-,26+,27-,28+,32-,33-,34-,35-,36+/m1/s1. The first-order valence-corrected chi connectivity index (χ1v) is 17.5. The van der Waals surface area contributed by atoms with Crippen molar-refractivity contribution < 1.29 is 49.7 Å². The molecule has 6 aliphatic rings. The highest BCUT2D eigenvalue weighted by atomic mass is 16.7. The van der Waals surface area contributed by atoms with Gasteiger partial charge in [0.05, 0.1) is 23.5 Å². The fraction of sp³-hybridized carbons (Fsp3) is 0.889. The maximum Gasteiger partial charge on any atom is 0.312 e. The number of allylic oxidation sites excluding steroid dienone is 2. The molecule has 10 heteroatoms. The van der Waals surface area contributed by atoms with Crippen molar-refractivity contribution in [1.82, 2.24) is 0 Å². The molecule has 14 atom stereocenters. The van der Waals surface area contributed by atoms with Crippen LogP contribution in [0.5, 0.6) is 0 Å². The fourth-order valence-electron chi connectivity index (χ4n) is 12.1. The molecule has 0 aromatic carbocycles. The lowest BCUT2D eigenvalue weighted by molar-refractivity contribution is -0.329. The molecule has 5 fully saturated rings. The van der Waals surface area contributed by atoms with Crippen LogP contribution in [0.3, 0.4) is 0 Å². The Morgan fingerprint density at radius 2 is 1.52 bits per heavy atom. The Morgan fingerprint density at radius 1 is 0.848 bits per heavy atom. The Bertz CT molecular complexity index is 1280. The van der Waals surface area contributed by atoms with Gasteiger partial charge in [-0.3, -0.25) is 9.59 Å². The third kappa shape index (κ3) is 4.49. The Balaban J connectivity index is 1.34. The number of hydrogen-bond donors (Lipinski definition) is 6. The summed E-state index contributed by atoms with van der Waals surface area (Å²) in [6.45, 7) is 12.7. The molecule has 1 saturated heterocycles. The van der Waals surface area contributed by atoms with Gasteiger partial charge in [-0.15, -0.1) is 0 Å². The molecule has 4 saturated carbocycles. The van der Waals surface area contributed by atoms with Gasteiger partial charge in [0, 0.05) is 0 Å². The number of aliphatic hydroxyl groups is 4. The Kier molecular flexibility index (Phi) is 8.18. The van der Waals surface area contributed by atoms with Crippen LogP contribution in [0.25, 0.3) is 0 Å². The molecule has 10 nitrogen and oxygen atoms in total. The van der Waals surface area contributed by atoms with Crippen molar-refractivity contribution in [3.8, 4) is 0 Å². The third-order valence-corrected chi connectivity index (χ3v) is 15.3. The monoisotopic (exact) mass is 648 g/mol. The quantitative estimate of drug-likeness (QED) is 0.188. The molecule has 1 heterocycles. The summed E-state index contributed by atoms with van der Waals surface area (Å²) in [5, 5.41) is 62.5. The summed E-state index contributed by atoms with van der Waals surface area (Å²) in [7, 11) is 0.